The van der Waals surface area contributed by atoms with E-state index >= 15 is 0 Å². The van der Waals surface area contributed by atoms with Crippen LogP contribution in [0.1, 0.15) is 235 Å². The zero-order valence-corrected chi connectivity index (χ0v) is 63.8. The van der Waals surface area contributed by atoms with Gasteiger partial charge in [-0.3, -0.25) is 33.6 Å². The maximum Gasteiger partial charge on any atom is 0.295 e. The van der Waals surface area contributed by atoms with Gasteiger partial charge in [0.2, 0.25) is 0 Å². The zero-order chi connectivity index (χ0) is 80.7. The highest BCUT2D eigenvalue weighted by Gasteiger charge is 2.62. The third-order valence-electron chi connectivity index (χ3n) is 15.7. The van der Waals surface area contributed by atoms with Crippen LogP contribution in [0.4, 0.5) is 0 Å². The number of carbonyl (C=O) groups excluding carboxylic acids is 7. The molecule has 4 saturated carbocycles. The van der Waals surface area contributed by atoms with Crippen LogP contribution < -0.4 is 0 Å². The van der Waals surface area contributed by atoms with Crippen LogP contribution >= 0.6 is 0 Å². The Morgan fingerprint density at radius 3 is 0.767 bits per heavy atom. The van der Waals surface area contributed by atoms with E-state index < -0.39 is 77.8 Å². The highest BCUT2D eigenvalue weighted by atomic mass is 17.0. The lowest BCUT2D eigenvalue weighted by molar-refractivity contribution is -0.785. The Kier molecular flexibility index (Phi) is 53.7. The van der Waals surface area contributed by atoms with E-state index in [2.05, 4.69) is 29.0 Å². The summed E-state index contributed by atoms with van der Waals surface area (Å²) in [7, 11) is 0. The Balaban J connectivity index is -0.000000558. The van der Waals surface area contributed by atoms with E-state index in [0.29, 0.717) is 76.0 Å². The lowest BCUT2D eigenvalue weighted by atomic mass is 9.46. The topological polar surface area (TPSA) is 514 Å². The molecule has 0 aliphatic heterocycles. The molecule has 0 N–H and O–H groups in total. The van der Waals surface area contributed by atoms with Crippen molar-refractivity contribution in [2.75, 3.05) is 39.6 Å². The summed E-state index contributed by atoms with van der Waals surface area (Å²) in [4.78, 5) is 180. The first kappa shape index (κ1) is 101. The van der Waals surface area contributed by atoms with Crippen LogP contribution in [0.2, 0.25) is 0 Å². The minimum atomic E-state index is -0.877. The molecule has 4 bridgehead atoms. The van der Waals surface area contributed by atoms with Gasteiger partial charge in [0.15, 0.2) is 17.3 Å². The van der Waals surface area contributed by atoms with Gasteiger partial charge in [-0.15, -0.1) is 70.8 Å². The summed E-state index contributed by atoms with van der Waals surface area (Å²) in [5, 5.41) is 64.5. The third kappa shape index (κ3) is 54.3. The average molecular weight is 1490 g/mol. The van der Waals surface area contributed by atoms with Crippen LogP contribution in [-0.2, 0) is 81.6 Å². The van der Waals surface area contributed by atoms with E-state index in [1.54, 1.807) is 62.3 Å². The molecule has 0 radical (unpaired) electrons. The minimum Gasteiger partial charge on any atom is -0.371 e. The molecule has 0 spiro atoms. The lowest BCUT2D eigenvalue weighted by Gasteiger charge is -2.60. The fourth-order valence-electron chi connectivity index (χ4n) is 10.5. The molecule has 4 rings (SSSR count). The normalized spacial score (nSPS) is 18.3. The van der Waals surface area contributed by atoms with E-state index in [9.17, 15) is 104 Å². The van der Waals surface area contributed by atoms with Crippen molar-refractivity contribution in [2.24, 2.45) is 58.7 Å². The van der Waals surface area contributed by atoms with Crippen LogP contribution in [0.3, 0.4) is 0 Å². The highest BCUT2D eigenvalue weighted by molar-refractivity contribution is 5.87. The van der Waals surface area contributed by atoms with Gasteiger partial charge in [0.05, 0.1) is 19.8 Å². The van der Waals surface area contributed by atoms with Gasteiger partial charge in [-0.05, 0) is 130 Å². The first-order valence-electron chi connectivity index (χ1n) is 34.6. The largest absolute Gasteiger partial charge is 0.371 e. The molecule has 38 heteroatoms. The summed E-state index contributed by atoms with van der Waals surface area (Å²) < 4.78 is 14.8. The Bertz CT molecular complexity index is 2250. The molecule has 0 aromatic carbocycles. The molecule has 598 valence electrons. The first-order chi connectivity index (χ1) is 47.4. The van der Waals surface area contributed by atoms with Crippen molar-refractivity contribution in [2.45, 2.75) is 277 Å². The number of nitrogens with zero attached hydrogens (tertiary/aromatic N) is 7. The van der Waals surface area contributed by atoms with Gasteiger partial charge in [-0.1, -0.05) is 96.9 Å². The van der Waals surface area contributed by atoms with Crippen molar-refractivity contribution in [3.8, 4) is 0 Å². The number of ether oxygens (including phenoxy) is 3. The van der Waals surface area contributed by atoms with Gasteiger partial charge in [-0.25, -0.2) is 0 Å². The van der Waals surface area contributed by atoms with E-state index in [1.165, 1.54) is 20.8 Å². The standard InChI is InChI=1S/C14H21NO4.3C9H17NO4.3C8H15NO5/c1-9(2)12(16)13-4-10-3-11(5-13)7-14(6-10,8-13)19-15(17)18;3*1-7(2)9(11)6-4-5-8(3)14-10(12)13;3*1-6(2)8(10)5-13-4-7(3)14-9(11)12/h9-11H,3-8H2,1-2H3;3*7-8H,4-6H2,1-3H3;3*6-7H,4-5H2,1-3H3/t;2*8-;;2*7-;/m.10.10./s1. The van der Waals surface area contributed by atoms with Crippen LogP contribution in [-0.4, -0.2) is 158 Å². The van der Waals surface area contributed by atoms with Gasteiger partial charge in [0.25, 0.3) is 35.6 Å². The van der Waals surface area contributed by atoms with E-state index in [0.717, 1.165) is 32.1 Å². The number of Topliss-reactive ketones (excluding diaryl/α,β-unsaturated/α-hetero) is 7. The fraction of sp³-hybridized carbons (Fsp3) is 0.892. The molecule has 0 heterocycles. The summed E-state index contributed by atoms with van der Waals surface area (Å²) in [6.07, 6.45) is 6.81. The summed E-state index contributed by atoms with van der Waals surface area (Å²) in [6, 6.07) is 0. The monoisotopic (exact) mass is 1490 g/mol. The van der Waals surface area contributed by atoms with Crippen LogP contribution in [0.25, 0.3) is 0 Å². The molecular weight excluding hydrogens is 1370 g/mol. The summed E-state index contributed by atoms with van der Waals surface area (Å²) >= 11 is 0. The summed E-state index contributed by atoms with van der Waals surface area (Å²) in [5.41, 5.74) is -1.01. The van der Waals surface area contributed by atoms with E-state index in [1.807, 2.05) is 55.4 Å². The van der Waals surface area contributed by atoms with E-state index in [-0.39, 0.29) is 127 Å². The minimum absolute atomic E-state index is 0.00362. The van der Waals surface area contributed by atoms with Crippen molar-refractivity contribution in [3.05, 3.63) is 70.8 Å². The van der Waals surface area contributed by atoms with Crippen molar-refractivity contribution < 1.29 is 117 Å². The number of carbonyl (C=O) groups is 7. The molecular formula is C65H117N7O31. The quantitative estimate of drug-likeness (QED) is 0.0403. The number of rotatable bonds is 46. The molecule has 4 aliphatic carbocycles. The summed E-state index contributed by atoms with van der Waals surface area (Å²) in [5.74, 6) is 1.54. The molecule has 4 unspecified atom stereocenters. The van der Waals surface area contributed by atoms with Crippen LogP contribution in [0.5, 0.6) is 0 Å². The zero-order valence-electron chi connectivity index (χ0n) is 63.8. The second-order valence-electron chi connectivity index (χ2n) is 28.0. The second-order valence-corrected chi connectivity index (χ2v) is 28.0. The van der Waals surface area contributed by atoms with Gasteiger partial charge < -0.3 is 48.1 Å². The van der Waals surface area contributed by atoms with Gasteiger partial charge >= 0.3 is 0 Å². The molecule has 0 aromatic rings. The number of ketones is 7. The van der Waals surface area contributed by atoms with Crippen molar-refractivity contribution in [1.29, 1.82) is 0 Å². The molecule has 103 heavy (non-hydrogen) atoms. The molecule has 0 amide bonds. The number of hydrogen-bond donors (Lipinski definition) is 0. The van der Waals surface area contributed by atoms with Crippen molar-refractivity contribution >= 4 is 40.5 Å². The Morgan fingerprint density at radius 1 is 0.330 bits per heavy atom. The third-order valence-corrected chi connectivity index (χ3v) is 15.7. The van der Waals surface area contributed by atoms with Crippen molar-refractivity contribution in [1.82, 2.24) is 0 Å². The smallest absolute Gasteiger partial charge is 0.295 e. The Labute approximate surface area is 602 Å². The van der Waals surface area contributed by atoms with Crippen molar-refractivity contribution in [3.63, 3.8) is 0 Å². The maximum atomic E-state index is 12.6. The SMILES string of the molecule is CC(C)C(=O)C12CC3CC(CC(O[N+](=O)[O-])(C3)C1)C2.CC(C)C(=O)CCC[C@@H](C)O[N+](=O)[O-].CC(C)C(=O)CCC[C@H](C)O[N+](=O)[O-].CC(C)C(=O)COC[C@@H](C)O[N+](=O)[O-].CC(C)C(=O)COC[C@H](C)O[N+](=O)[O-].CC(CCCC(=O)C(C)C)O[N+](=O)[O-].CC(COCC(=O)C(C)C)O[N+](=O)[O-]. The predicted molar refractivity (Wildman–Crippen MR) is 366 cm³/mol. The molecule has 8 atom stereocenters. The van der Waals surface area contributed by atoms with Gasteiger partial charge in [0.1, 0.15) is 85.2 Å². The van der Waals surface area contributed by atoms with E-state index in [4.69, 9.17) is 19.0 Å². The molecule has 0 saturated heterocycles. The molecule has 38 nitrogen and oxygen atoms in total. The maximum absolute atomic E-state index is 12.6. The average Bonchev–Trinajstić information content (AvgIpc) is 0.718. The Hall–Kier alpha value is -8.03. The number of hydrogen-bond acceptors (Lipinski definition) is 31. The van der Waals surface area contributed by atoms with Crippen LogP contribution in [0, 0.1) is 129 Å². The molecule has 0 aromatic heterocycles. The lowest BCUT2D eigenvalue weighted by Crippen LogP contribution is -2.60. The first-order valence-corrected chi connectivity index (χ1v) is 34.6. The highest BCUT2D eigenvalue weighted by Crippen LogP contribution is 2.63. The van der Waals surface area contributed by atoms with Gasteiger partial charge in [-0.2, -0.15) is 0 Å². The fourth-order valence-corrected chi connectivity index (χ4v) is 10.5. The Morgan fingerprint density at radius 2 is 0.563 bits per heavy atom. The molecule has 4 fully saturated rings. The van der Waals surface area contributed by atoms with Crippen LogP contribution in [0.15, 0.2) is 0 Å². The second kappa shape index (κ2) is 54.6. The summed E-state index contributed by atoms with van der Waals surface area (Å²) in [6.45, 7) is 35.0. The van der Waals surface area contributed by atoms with Gasteiger partial charge in [0, 0.05) is 66.1 Å². The molecule has 4 aliphatic rings. The predicted octanol–water partition coefficient (Wildman–Crippen LogP) is 11.2.